The van der Waals surface area contributed by atoms with Gasteiger partial charge in [-0.3, -0.25) is 4.79 Å². The molecule has 1 heteroatoms. The molecule has 0 aliphatic heterocycles. The number of rotatable bonds is 0. The number of hydrogen-bond donors (Lipinski definition) is 0. The molecule has 2 aliphatic rings. The highest BCUT2D eigenvalue weighted by Gasteiger charge is 2.44. The fraction of sp³-hybridized carbons (Fsp3) is 0.438. The molecule has 1 unspecified atom stereocenters. The van der Waals surface area contributed by atoms with Crippen LogP contribution in [0.15, 0.2) is 29.8 Å². The van der Waals surface area contributed by atoms with Gasteiger partial charge in [0.05, 0.1) is 0 Å². The van der Waals surface area contributed by atoms with Gasteiger partial charge in [-0.2, -0.15) is 0 Å². The summed E-state index contributed by atoms with van der Waals surface area (Å²) in [4.78, 5) is 11.9. The number of carbonyl (C=O) groups excluding carboxylic acids is 1. The maximum Gasteiger partial charge on any atom is 0.134 e. The van der Waals surface area contributed by atoms with Gasteiger partial charge in [0.2, 0.25) is 0 Å². The molecule has 0 saturated heterocycles. The minimum Gasteiger partial charge on any atom is -0.300 e. The number of allylic oxidation sites excluding steroid dienone is 2. The summed E-state index contributed by atoms with van der Waals surface area (Å²) in [5.41, 5.74) is 5.60. The van der Waals surface area contributed by atoms with E-state index < -0.39 is 0 Å². The minimum absolute atomic E-state index is 0.0377. The molecule has 1 spiro atoms. The van der Waals surface area contributed by atoms with Crippen LogP contribution in [0.3, 0.4) is 0 Å². The SMILES string of the molecule is CC1=C(C)C2(CCCC(=O)C2)c2ccccc21. The van der Waals surface area contributed by atoms with Crippen LogP contribution >= 0.6 is 0 Å². The molecule has 0 aromatic heterocycles. The van der Waals surface area contributed by atoms with Crippen molar-refractivity contribution in [3.8, 4) is 0 Å². The summed E-state index contributed by atoms with van der Waals surface area (Å²) in [7, 11) is 0. The van der Waals surface area contributed by atoms with Gasteiger partial charge >= 0.3 is 0 Å². The van der Waals surface area contributed by atoms with Gasteiger partial charge in [-0.25, -0.2) is 0 Å². The number of benzene rings is 1. The van der Waals surface area contributed by atoms with Crippen molar-refractivity contribution < 1.29 is 4.79 Å². The van der Waals surface area contributed by atoms with Crippen molar-refractivity contribution in [3.63, 3.8) is 0 Å². The third kappa shape index (κ3) is 1.35. The Kier molecular flexibility index (Phi) is 2.25. The molecule has 0 N–H and O–H groups in total. The fourth-order valence-corrected chi connectivity index (χ4v) is 3.64. The van der Waals surface area contributed by atoms with E-state index in [-0.39, 0.29) is 5.41 Å². The van der Waals surface area contributed by atoms with Gasteiger partial charge in [-0.15, -0.1) is 0 Å². The first-order valence-electron chi connectivity index (χ1n) is 6.45. The molecule has 1 fully saturated rings. The van der Waals surface area contributed by atoms with E-state index in [0.29, 0.717) is 12.2 Å². The van der Waals surface area contributed by atoms with E-state index in [0.717, 1.165) is 19.3 Å². The van der Waals surface area contributed by atoms with Gasteiger partial charge in [0.15, 0.2) is 0 Å². The zero-order valence-corrected chi connectivity index (χ0v) is 10.5. The molecule has 3 rings (SSSR count). The average Bonchev–Trinajstić information content (AvgIpc) is 2.54. The lowest BCUT2D eigenvalue weighted by molar-refractivity contribution is -0.121. The molecular weight excluding hydrogens is 208 g/mol. The van der Waals surface area contributed by atoms with Crippen LogP contribution in [0.1, 0.15) is 50.7 Å². The van der Waals surface area contributed by atoms with Crippen LogP contribution in [0, 0.1) is 0 Å². The first kappa shape index (κ1) is 10.8. The molecule has 0 radical (unpaired) electrons. The van der Waals surface area contributed by atoms with E-state index in [1.165, 1.54) is 22.3 Å². The lowest BCUT2D eigenvalue weighted by Gasteiger charge is -2.35. The predicted octanol–water partition coefficient (Wildman–Crippen LogP) is 3.87. The third-order valence-corrected chi connectivity index (χ3v) is 4.69. The maximum atomic E-state index is 11.9. The summed E-state index contributed by atoms with van der Waals surface area (Å²) >= 11 is 0. The number of carbonyl (C=O) groups is 1. The minimum atomic E-state index is 0.0377. The van der Waals surface area contributed by atoms with Crippen LogP contribution in [0.5, 0.6) is 0 Å². The standard InChI is InChI=1S/C16H18O/c1-11-12(2)16(9-5-6-13(17)10-16)15-8-4-3-7-14(11)15/h3-4,7-8H,5-6,9-10H2,1-2H3. The average molecular weight is 226 g/mol. The van der Waals surface area contributed by atoms with Crippen LogP contribution in [-0.2, 0) is 10.2 Å². The Morgan fingerprint density at radius 1 is 1.18 bits per heavy atom. The van der Waals surface area contributed by atoms with E-state index in [9.17, 15) is 4.79 Å². The molecular formula is C16H18O. The van der Waals surface area contributed by atoms with Gasteiger partial charge in [-0.1, -0.05) is 29.8 Å². The van der Waals surface area contributed by atoms with Crippen LogP contribution in [0.2, 0.25) is 0 Å². The monoisotopic (exact) mass is 226 g/mol. The molecule has 1 nitrogen and oxygen atoms in total. The van der Waals surface area contributed by atoms with E-state index in [1.807, 2.05) is 0 Å². The van der Waals surface area contributed by atoms with E-state index >= 15 is 0 Å². The molecule has 17 heavy (non-hydrogen) atoms. The second-order valence-corrected chi connectivity index (χ2v) is 5.45. The van der Waals surface area contributed by atoms with Gasteiger partial charge in [-0.05, 0) is 43.4 Å². The molecule has 1 atom stereocenters. The Hall–Kier alpha value is -1.37. The summed E-state index contributed by atoms with van der Waals surface area (Å²) < 4.78 is 0. The second-order valence-electron chi connectivity index (χ2n) is 5.45. The highest BCUT2D eigenvalue weighted by molar-refractivity contribution is 5.87. The normalized spacial score (nSPS) is 27.8. The topological polar surface area (TPSA) is 17.1 Å². The van der Waals surface area contributed by atoms with Gasteiger partial charge in [0, 0.05) is 18.3 Å². The highest BCUT2D eigenvalue weighted by Crippen LogP contribution is 2.52. The Morgan fingerprint density at radius 3 is 2.71 bits per heavy atom. The van der Waals surface area contributed by atoms with E-state index in [2.05, 4.69) is 38.1 Å². The van der Waals surface area contributed by atoms with E-state index in [4.69, 9.17) is 0 Å². The number of Topliss-reactive ketones (excluding diaryl/α,β-unsaturated/α-hetero) is 1. The van der Waals surface area contributed by atoms with E-state index in [1.54, 1.807) is 0 Å². The van der Waals surface area contributed by atoms with Crippen LogP contribution < -0.4 is 0 Å². The van der Waals surface area contributed by atoms with Crippen LogP contribution in [0.4, 0.5) is 0 Å². The van der Waals surface area contributed by atoms with Crippen LogP contribution in [-0.4, -0.2) is 5.78 Å². The predicted molar refractivity (Wildman–Crippen MR) is 69.9 cm³/mol. The summed E-state index contributed by atoms with van der Waals surface area (Å²) in [5.74, 6) is 0.431. The van der Waals surface area contributed by atoms with Crippen molar-refractivity contribution in [1.82, 2.24) is 0 Å². The Bertz CT molecular complexity index is 524. The Morgan fingerprint density at radius 2 is 1.94 bits per heavy atom. The molecule has 0 bridgehead atoms. The smallest absolute Gasteiger partial charge is 0.134 e. The van der Waals surface area contributed by atoms with Crippen molar-refractivity contribution >= 4 is 11.4 Å². The van der Waals surface area contributed by atoms with Crippen molar-refractivity contribution in [2.45, 2.75) is 44.9 Å². The molecule has 2 aliphatic carbocycles. The number of ketones is 1. The lowest BCUT2D eigenvalue weighted by atomic mass is 9.67. The van der Waals surface area contributed by atoms with Crippen molar-refractivity contribution in [3.05, 3.63) is 41.0 Å². The largest absolute Gasteiger partial charge is 0.300 e. The molecule has 88 valence electrons. The molecule has 0 amide bonds. The van der Waals surface area contributed by atoms with Gasteiger partial charge in [0.25, 0.3) is 0 Å². The first-order chi connectivity index (χ1) is 8.15. The molecule has 1 aromatic carbocycles. The third-order valence-electron chi connectivity index (χ3n) is 4.69. The quantitative estimate of drug-likeness (QED) is 0.656. The summed E-state index contributed by atoms with van der Waals surface area (Å²) in [6.07, 6.45) is 3.67. The Labute approximate surface area is 103 Å². The van der Waals surface area contributed by atoms with Gasteiger partial charge < -0.3 is 0 Å². The highest BCUT2D eigenvalue weighted by atomic mass is 16.1. The van der Waals surface area contributed by atoms with Gasteiger partial charge in [0.1, 0.15) is 5.78 Å². The number of hydrogen-bond acceptors (Lipinski definition) is 1. The Balaban J connectivity index is 2.21. The van der Waals surface area contributed by atoms with Crippen molar-refractivity contribution in [1.29, 1.82) is 0 Å². The first-order valence-corrected chi connectivity index (χ1v) is 6.45. The zero-order chi connectivity index (χ0) is 12.0. The lowest BCUT2D eigenvalue weighted by Crippen LogP contribution is -2.32. The van der Waals surface area contributed by atoms with Crippen molar-refractivity contribution in [2.75, 3.05) is 0 Å². The van der Waals surface area contributed by atoms with Crippen molar-refractivity contribution in [2.24, 2.45) is 0 Å². The molecule has 1 saturated carbocycles. The fourth-order valence-electron chi connectivity index (χ4n) is 3.64. The summed E-state index contributed by atoms with van der Waals surface area (Å²) in [5, 5.41) is 0. The molecule has 1 aromatic rings. The maximum absolute atomic E-state index is 11.9. The molecule has 0 heterocycles. The second kappa shape index (κ2) is 3.56. The zero-order valence-electron chi connectivity index (χ0n) is 10.5. The van der Waals surface area contributed by atoms with Crippen LogP contribution in [0.25, 0.3) is 5.57 Å². The summed E-state index contributed by atoms with van der Waals surface area (Å²) in [6, 6.07) is 8.61. The summed E-state index contributed by atoms with van der Waals surface area (Å²) in [6.45, 7) is 4.41. The number of fused-ring (bicyclic) bond motifs is 2.